The molecule has 17 heavy (non-hydrogen) atoms. The monoisotopic (exact) mass is 259 g/mol. The maximum Gasteiger partial charge on any atom is 0.0453 e. The van der Waals surface area contributed by atoms with Crippen LogP contribution in [0.5, 0.6) is 0 Å². The normalized spacial score (nSPS) is 11.1. The summed E-state index contributed by atoms with van der Waals surface area (Å²) in [7, 11) is 0. The van der Waals surface area contributed by atoms with Crippen LogP contribution in [0.4, 0.5) is 0 Å². The zero-order valence-corrected chi connectivity index (χ0v) is 11.0. The molecule has 0 unspecified atom stereocenters. The molecule has 0 atom stereocenters. The van der Waals surface area contributed by atoms with E-state index in [1.54, 1.807) is 0 Å². The smallest absolute Gasteiger partial charge is 0.0453 e. The van der Waals surface area contributed by atoms with Gasteiger partial charge in [-0.05, 0) is 23.1 Å². The average Bonchev–Trinajstić information content (AvgIpc) is 2.91. The van der Waals surface area contributed by atoms with Crippen LogP contribution in [0.1, 0.15) is 10.4 Å². The van der Waals surface area contributed by atoms with Crippen molar-refractivity contribution in [2.45, 2.75) is 13.1 Å². The van der Waals surface area contributed by atoms with Crippen molar-refractivity contribution in [3.8, 4) is 0 Å². The second-order valence-electron chi connectivity index (χ2n) is 3.95. The first-order chi connectivity index (χ1) is 8.42. The van der Waals surface area contributed by atoms with E-state index < -0.39 is 0 Å². The molecule has 1 N–H and O–H groups in total. The molecule has 3 aromatic rings. The predicted octanol–water partition coefficient (Wildman–Crippen LogP) is 4.25. The fourth-order valence-corrected chi connectivity index (χ4v) is 3.93. The molecule has 0 fully saturated rings. The zero-order chi connectivity index (χ0) is 11.5. The third kappa shape index (κ3) is 2.57. The standard InChI is InChI=1S/C14H13NS2/c1-2-4-11(5-3-1)9-15-10-12-8-14-13(17-12)6-7-16-14/h1-8,15H,9-10H2. The highest BCUT2D eigenvalue weighted by atomic mass is 32.1. The van der Waals surface area contributed by atoms with Gasteiger partial charge >= 0.3 is 0 Å². The Morgan fingerprint density at radius 2 is 1.82 bits per heavy atom. The van der Waals surface area contributed by atoms with Crippen LogP contribution >= 0.6 is 22.7 Å². The van der Waals surface area contributed by atoms with Crippen LogP contribution in [0.15, 0.2) is 47.8 Å². The molecule has 0 aliphatic rings. The van der Waals surface area contributed by atoms with Crippen molar-refractivity contribution in [1.29, 1.82) is 0 Å². The fourth-order valence-electron chi connectivity index (χ4n) is 1.83. The third-order valence-corrected chi connectivity index (χ3v) is 4.75. The van der Waals surface area contributed by atoms with Crippen molar-refractivity contribution in [1.82, 2.24) is 5.32 Å². The first-order valence-electron chi connectivity index (χ1n) is 5.62. The first kappa shape index (κ1) is 11.0. The molecule has 0 saturated heterocycles. The molecule has 3 heteroatoms. The molecule has 0 radical (unpaired) electrons. The van der Waals surface area contributed by atoms with Crippen molar-refractivity contribution in [3.05, 3.63) is 58.3 Å². The van der Waals surface area contributed by atoms with Gasteiger partial charge < -0.3 is 5.32 Å². The quantitative estimate of drug-likeness (QED) is 0.738. The van der Waals surface area contributed by atoms with Gasteiger partial charge in [0, 0.05) is 27.4 Å². The number of thiophene rings is 2. The molecule has 86 valence electrons. The molecular formula is C14H13NS2. The Morgan fingerprint density at radius 1 is 0.941 bits per heavy atom. The summed E-state index contributed by atoms with van der Waals surface area (Å²) in [5, 5.41) is 5.64. The summed E-state index contributed by atoms with van der Waals surface area (Å²) in [6, 6.07) is 15.0. The highest BCUT2D eigenvalue weighted by Gasteiger charge is 2.02. The predicted molar refractivity (Wildman–Crippen MR) is 76.7 cm³/mol. The van der Waals surface area contributed by atoms with Gasteiger partial charge in [0.25, 0.3) is 0 Å². The molecule has 0 aliphatic heterocycles. The lowest BCUT2D eigenvalue weighted by Gasteiger charge is -2.02. The Labute approximate surface area is 109 Å². The Balaban J connectivity index is 1.59. The van der Waals surface area contributed by atoms with E-state index in [2.05, 4.69) is 53.2 Å². The SMILES string of the molecule is c1ccc(CNCc2cc3sccc3s2)cc1. The largest absolute Gasteiger partial charge is 0.308 e. The molecule has 3 rings (SSSR count). The second kappa shape index (κ2) is 5.00. The van der Waals surface area contributed by atoms with Crippen LogP contribution < -0.4 is 5.32 Å². The molecule has 0 amide bonds. The van der Waals surface area contributed by atoms with Gasteiger partial charge in [-0.1, -0.05) is 30.3 Å². The minimum atomic E-state index is 0.937. The molecule has 1 nitrogen and oxygen atoms in total. The molecular weight excluding hydrogens is 246 g/mol. The number of benzene rings is 1. The average molecular weight is 259 g/mol. The maximum absolute atomic E-state index is 3.48. The van der Waals surface area contributed by atoms with E-state index in [9.17, 15) is 0 Å². The molecule has 2 heterocycles. The highest BCUT2D eigenvalue weighted by Crippen LogP contribution is 2.29. The van der Waals surface area contributed by atoms with Crippen LogP contribution in [-0.2, 0) is 13.1 Å². The molecule has 0 saturated carbocycles. The van der Waals surface area contributed by atoms with E-state index in [1.165, 1.54) is 19.8 Å². The Bertz CT molecular complexity index is 566. The van der Waals surface area contributed by atoms with Crippen molar-refractivity contribution in [2.75, 3.05) is 0 Å². The number of hydrogen-bond donors (Lipinski definition) is 1. The van der Waals surface area contributed by atoms with Crippen molar-refractivity contribution in [3.63, 3.8) is 0 Å². The van der Waals surface area contributed by atoms with E-state index in [1.807, 2.05) is 22.7 Å². The summed E-state index contributed by atoms with van der Waals surface area (Å²) in [6.45, 7) is 1.90. The van der Waals surface area contributed by atoms with Crippen molar-refractivity contribution < 1.29 is 0 Å². The lowest BCUT2D eigenvalue weighted by atomic mass is 10.2. The molecule has 0 spiro atoms. The minimum absolute atomic E-state index is 0.937. The summed E-state index contributed by atoms with van der Waals surface area (Å²) in [5.74, 6) is 0. The maximum atomic E-state index is 3.48. The van der Waals surface area contributed by atoms with E-state index in [4.69, 9.17) is 0 Å². The molecule has 0 bridgehead atoms. The second-order valence-corrected chi connectivity index (χ2v) is 6.07. The van der Waals surface area contributed by atoms with Gasteiger partial charge in [-0.25, -0.2) is 0 Å². The van der Waals surface area contributed by atoms with Gasteiger partial charge in [0.05, 0.1) is 0 Å². The Kier molecular flexibility index (Phi) is 3.22. The highest BCUT2D eigenvalue weighted by molar-refractivity contribution is 7.26. The van der Waals surface area contributed by atoms with E-state index in [0.717, 1.165) is 13.1 Å². The van der Waals surface area contributed by atoms with E-state index >= 15 is 0 Å². The minimum Gasteiger partial charge on any atom is -0.308 e. The summed E-state index contributed by atoms with van der Waals surface area (Å²) in [5.41, 5.74) is 1.34. The Hall–Kier alpha value is -1.16. The van der Waals surface area contributed by atoms with Gasteiger partial charge in [-0.3, -0.25) is 0 Å². The Morgan fingerprint density at radius 3 is 2.65 bits per heavy atom. The van der Waals surface area contributed by atoms with Gasteiger partial charge in [0.2, 0.25) is 0 Å². The van der Waals surface area contributed by atoms with Gasteiger partial charge in [0.15, 0.2) is 0 Å². The van der Waals surface area contributed by atoms with Crippen LogP contribution in [-0.4, -0.2) is 0 Å². The molecule has 0 aliphatic carbocycles. The number of fused-ring (bicyclic) bond motifs is 1. The summed E-state index contributed by atoms with van der Waals surface area (Å²) >= 11 is 3.71. The third-order valence-electron chi connectivity index (χ3n) is 2.66. The lowest BCUT2D eigenvalue weighted by Crippen LogP contribution is -2.11. The van der Waals surface area contributed by atoms with Gasteiger partial charge in [-0.2, -0.15) is 0 Å². The van der Waals surface area contributed by atoms with Gasteiger partial charge in [-0.15, -0.1) is 22.7 Å². The molecule has 2 aromatic heterocycles. The number of rotatable bonds is 4. The van der Waals surface area contributed by atoms with Crippen molar-refractivity contribution >= 4 is 32.1 Å². The van der Waals surface area contributed by atoms with Crippen molar-refractivity contribution in [2.24, 2.45) is 0 Å². The van der Waals surface area contributed by atoms with Gasteiger partial charge in [0.1, 0.15) is 0 Å². The summed E-state index contributed by atoms with van der Waals surface area (Å²) < 4.78 is 2.82. The van der Waals surface area contributed by atoms with Crippen LogP contribution in [0, 0.1) is 0 Å². The fraction of sp³-hybridized carbons (Fsp3) is 0.143. The van der Waals surface area contributed by atoms with Crippen LogP contribution in [0.2, 0.25) is 0 Å². The number of hydrogen-bond acceptors (Lipinski definition) is 3. The summed E-state index contributed by atoms with van der Waals surface area (Å²) in [4.78, 5) is 1.42. The van der Waals surface area contributed by atoms with E-state index in [0.29, 0.717) is 0 Å². The van der Waals surface area contributed by atoms with Crippen LogP contribution in [0.25, 0.3) is 9.40 Å². The summed E-state index contributed by atoms with van der Waals surface area (Å²) in [6.07, 6.45) is 0. The molecule has 1 aromatic carbocycles. The van der Waals surface area contributed by atoms with E-state index in [-0.39, 0.29) is 0 Å². The zero-order valence-electron chi connectivity index (χ0n) is 9.35. The first-order valence-corrected chi connectivity index (χ1v) is 7.32. The van der Waals surface area contributed by atoms with Crippen LogP contribution in [0.3, 0.4) is 0 Å². The number of nitrogens with one attached hydrogen (secondary N) is 1. The topological polar surface area (TPSA) is 12.0 Å². The lowest BCUT2D eigenvalue weighted by molar-refractivity contribution is 0.701.